The summed E-state index contributed by atoms with van der Waals surface area (Å²) >= 11 is 0. The van der Waals surface area contributed by atoms with E-state index in [2.05, 4.69) is 11.8 Å². The van der Waals surface area contributed by atoms with Gasteiger partial charge in [-0.3, -0.25) is 0 Å². The Kier molecular flexibility index (Phi) is 11.5. The molecule has 2 aliphatic carbocycles. The van der Waals surface area contributed by atoms with Crippen LogP contribution >= 0.6 is 0 Å². The first-order chi connectivity index (χ1) is 14.5. The fourth-order valence-electron chi connectivity index (χ4n) is 6.09. The Labute approximate surface area is 182 Å². The van der Waals surface area contributed by atoms with Crippen LogP contribution in [0, 0.1) is 17.8 Å². The van der Waals surface area contributed by atoms with E-state index in [-0.39, 0.29) is 0 Å². The van der Waals surface area contributed by atoms with Crippen LogP contribution in [0.4, 0.5) is 0 Å². The first-order valence-corrected chi connectivity index (χ1v) is 12.4. The summed E-state index contributed by atoms with van der Waals surface area (Å²) in [5, 5.41) is 15.6. The van der Waals surface area contributed by atoms with Crippen molar-refractivity contribution in [3.63, 3.8) is 0 Å². The van der Waals surface area contributed by atoms with Crippen LogP contribution in [-0.4, -0.2) is 46.2 Å². The molecule has 0 aromatic rings. The SMILES string of the molecule is CCN1CCCCC1CC(C1CCCCC1)C1CCCCC1.O=C(O)/C=C/C(=O)O. The normalized spacial score (nSPS) is 24.5. The summed E-state index contributed by atoms with van der Waals surface area (Å²) in [5.41, 5.74) is 0. The molecule has 0 aromatic carbocycles. The molecule has 0 aromatic heterocycles. The van der Waals surface area contributed by atoms with Crippen LogP contribution < -0.4 is 0 Å². The van der Waals surface area contributed by atoms with Crippen molar-refractivity contribution in [3.8, 4) is 0 Å². The summed E-state index contributed by atoms with van der Waals surface area (Å²) in [4.78, 5) is 21.9. The molecule has 3 aliphatic rings. The van der Waals surface area contributed by atoms with Gasteiger partial charge in [0.2, 0.25) is 0 Å². The van der Waals surface area contributed by atoms with Crippen LogP contribution in [0.25, 0.3) is 0 Å². The molecule has 1 atom stereocenters. The second-order valence-electron chi connectivity index (χ2n) is 9.48. The molecule has 2 saturated carbocycles. The van der Waals surface area contributed by atoms with Gasteiger partial charge in [-0.2, -0.15) is 0 Å². The molecule has 1 heterocycles. The lowest BCUT2D eigenvalue weighted by Crippen LogP contribution is -2.42. The molecule has 0 spiro atoms. The molecule has 2 N–H and O–H groups in total. The highest BCUT2D eigenvalue weighted by Crippen LogP contribution is 2.43. The highest BCUT2D eigenvalue weighted by molar-refractivity contribution is 5.89. The molecule has 1 saturated heterocycles. The Balaban J connectivity index is 0.000000343. The van der Waals surface area contributed by atoms with Gasteiger partial charge < -0.3 is 15.1 Å². The van der Waals surface area contributed by atoms with E-state index in [1.807, 2.05) is 0 Å². The average molecular weight is 422 g/mol. The van der Waals surface area contributed by atoms with Gasteiger partial charge in [-0.05, 0) is 50.1 Å². The van der Waals surface area contributed by atoms with Crippen LogP contribution in [0.1, 0.15) is 96.8 Å². The number of aliphatic carboxylic acids is 2. The Morgan fingerprint density at radius 2 is 1.27 bits per heavy atom. The number of rotatable bonds is 7. The van der Waals surface area contributed by atoms with Crippen molar-refractivity contribution >= 4 is 11.9 Å². The quantitative estimate of drug-likeness (QED) is 0.513. The van der Waals surface area contributed by atoms with E-state index >= 15 is 0 Å². The van der Waals surface area contributed by atoms with Crippen molar-refractivity contribution in [2.75, 3.05) is 13.1 Å². The number of carboxylic acid groups (broad SMARTS) is 2. The highest BCUT2D eigenvalue weighted by atomic mass is 16.4. The summed E-state index contributed by atoms with van der Waals surface area (Å²) < 4.78 is 0. The van der Waals surface area contributed by atoms with E-state index in [0.717, 1.165) is 23.8 Å². The van der Waals surface area contributed by atoms with Gasteiger partial charge in [-0.1, -0.05) is 77.6 Å². The van der Waals surface area contributed by atoms with E-state index in [1.165, 1.54) is 70.9 Å². The van der Waals surface area contributed by atoms with Gasteiger partial charge in [0, 0.05) is 18.2 Å². The summed E-state index contributed by atoms with van der Waals surface area (Å²) in [6, 6.07) is 0.924. The van der Waals surface area contributed by atoms with Crippen LogP contribution in [0.2, 0.25) is 0 Å². The molecular formula is C25H43NO4. The Bertz CT molecular complexity index is 498. The van der Waals surface area contributed by atoms with Crippen molar-refractivity contribution < 1.29 is 19.8 Å². The number of nitrogens with zero attached hydrogens (tertiary/aromatic N) is 1. The average Bonchev–Trinajstić information content (AvgIpc) is 2.78. The molecule has 0 bridgehead atoms. The largest absolute Gasteiger partial charge is 0.478 e. The second kappa shape index (κ2) is 13.8. The monoisotopic (exact) mass is 421 g/mol. The molecule has 0 amide bonds. The molecule has 30 heavy (non-hydrogen) atoms. The Morgan fingerprint density at radius 3 is 1.70 bits per heavy atom. The minimum Gasteiger partial charge on any atom is -0.478 e. The minimum absolute atomic E-state index is 0.558. The van der Waals surface area contributed by atoms with Crippen molar-refractivity contribution in [3.05, 3.63) is 12.2 Å². The topological polar surface area (TPSA) is 77.8 Å². The van der Waals surface area contributed by atoms with Crippen molar-refractivity contribution in [1.29, 1.82) is 0 Å². The van der Waals surface area contributed by atoms with Gasteiger partial charge in [0.15, 0.2) is 0 Å². The Morgan fingerprint density at radius 1 is 0.800 bits per heavy atom. The fourth-order valence-corrected chi connectivity index (χ4v) is 6.09. The predicted molar refractivity (Wildman–Crippen MR) is 121 cm³/mol. The molecule has 1 unspecified atom stereocenters. The molecule has 3 fully saturated rings. The van der Waals surface area contributed by atoms with E-state index in [0.29, 0.717) is 12.2 Å². The number of likely N-dealkylation sites (tertiary alicyclic amines) is 1. The predicted octanol–water partition coefficient (Wildman–Crippen LogP) is 5.74. The zero-order chi connectivity index (χ0) is 21.8. The van der Waals surface area contributed by atoms with Gasteiger partial charge in [0.1, 0.15) is 0 Å². The molecule has 5 heteroatoms. The number of carboxylic acids is 2. The lowest BCUT2D eigenvalue weighted by atomic mass is 9.67. The van der Waals surface area contributed by atoms with Crippen molar-refractivity contribution in [2.45, 2.75) is 103 Å². The summed E-state index contributed by atoms with van der Waals surface area (Å²) in [6.07, 6.45) is 22.4. The van der Waals surface area contributed by atoms with Gasteiger partial charge in [-0.25, -0.2) is 9.59 Å². The van der Waals surface area contributed by atoms with Gasteiger partial charge >= 0.3 is 11.9 Å². The van der Waals surface area contributed by atoms with E-state index < -0.39 is 11.9 Å². The van der Waals surface area contributed by atoms with Crippen LogP contribution in [0.15, 0.2) is 12.2 Å². The summed E-state index contributed by atoms with van der Waals surface area (Å²) in [5.74, 6) is 0.715. The molecule has 0 radical (unpaired) electrons. The summed E-state index contributed by atoms with van der Waals surface area (Å²) in [6.45, 7) is 5.05. The summed E-state index contributed by atoms with van der Waals surface area (Å²) in [7, 11) is 0. The molecule has 172 valence electrons. The number of hydrogen-bond acceptors (Lipinski definition) is 3. The zero-order valence-corrected chi connectivity index (χ0v) is 18.9. The highest BCUT2D eigenvalue weighted by Gasteiger charge is 2.34. The van der Waals surface area contributed by atoms with Gasteiger partial charge in [0.05, 0.1) is 0 Å². The fraction of sp³-hybridized carbons (Fsp3) is 0.840. The zero-order valence-electron chi connectivity index (χ0n) is 18.9. The third-order valence-corrected chi connectivity index (χ3v) is 7.58. The lowest BCUT2D eigenvalue weighted by Gasteiger charge is -2.43. The number of hydrogen-bond donors (Lipinski definition) is 2. The second-order valence-corrected chi connectivity index (χ2v) is 9.48. The van der Waals surface area contributed by atoms with E-state index in [1.54, 1.807) is 32.1 Å². The lowest BCUT2D eigenvalue weighted by molar-refractivity contribution is -0.134. The maximum absolute atomic E-state index is 9.55. The van der Waals surface area contributed by atoms with Crippen LogP contribution in [0.3, 0.4) is 0 Å². The molecule has 1 aliphatic heterocycles. The standard InChI is InChI=1S/C21H39N.C4H4O4/c1-2-22-16-10-9-15-20(22)17-21(18-11-5-3-6-12-18)19-13-7-4-8-14-19;5-3(6)1-2-4(7)8/h18-21H,2-17H2,1H3;1-2H,(H,5,6)(H,7,8)/b;2-1+. The van der Waals surface area contributed by atoms with E-state index in [9.17, 15) is 9.59 Å². The van der Waals surface area contributed by atoms with Gasteiger partial charge in [0.25, 0.3) is 0 Å². The van der Waals surface area contributed by atoms with Gasteiger partial charge in [-0.15, -0.1) is 0 Å². The molecule has 5 nitrogen and oxygen atoms in total. The van der Waals surface area contributed by atoms with E-state index in [4.69, 9.17) is 10.2 Å². The minimum atomic E-state index is -1.26. The number of carbonyl (C=O) groups is 2. The van der Waals surface area contributed by atoms with Crippen molar-refractivity contribution in [2.24, 2.45) is 17.8 Å². The van der Waals surface area contributed by atoms with Crippen LogP contribution in [0.5, 0.6) is 0 Å². The van der Waals surface area contributed by atoms with Crippen LogP contribution in [-0.2, 0) is 9.59 Å². The number of piperidine rings is 1. The molecular weight excluding hydrogens is 378 g/mol. The third-order valence-electron chi connectivity index (χ3n) is 7.58. The van der Waals surface area contributed by atoms with Crippen molar-refractivity contribution in [1.82, 2.24) is 4.90 Å². The molecule has 3 rings (SSSR count). The first kappa shape index (κ1) is 24.9. The Hall–Kier alpha value is -1.36. The maximum atomic E-state index is 9.55. The first-order valence-electron chi connectivity index (χ1n) is 12.4. The third kappa shape index (κ3) is 8.79. The maximum Gasteiger partial charge on any atom is 0.328 e. The smallest absolute Gasteiger partial charge is 0.328 e.